The fourth-order valence-electron chi connectivity index (χ4n) is 1.67. The van der Waals surface area contributed by atoms with Gasteiger partial charge in [-0.05, 0) is 13.8 Å². The number of ether oxygens (including phenoxy) is 1. The normalized spacial score (nSPS) is 10.5. The second-order valence-corrected chi connectivity index (χ2v) is 5.53. The van der Waals surface area contributed by atoms with E-state index >= 15 is 0 Å². The Morgan fingerprint density at radius 3 is 2.86 bits per heavy atom. The molecule has 1 N–H and O–H groups in total. The summed E-state index contributed by atoms with van der Waals surface area (Å²) >= 11 is 7.19. The van der Waals surface area contributed by atoms with Crippen molar-refractivity contribution in [2.45, 2.75) is 26.8 Å². The molecule has 0 unspecified atom stereocenters. The average Bonchev–Trinajstić information content (AvgIpc) is 3.05. The van der Waals surface area contributed by atoms with Gasteiger partial charge in [-0.15, -0.1) is 11.3 Å². The Morgan fingerprint density at radius 1 is 1.45 bits per heavy atom. The Labute approximate surface area is 136 Å². The van der Waals surface area contributed by atoms with E-state index in [0.29, 0.717) is 24.0 Å². The van der Waals surface area contributed by atoms with E-state index in [1.54, 1.807) is 23.2 Å². The summed E-state index contributed by atoms with van der Waals surface area (Å²) in [6, 6.07) is 0. The van der Waals surface area contributed by atoms with Gasteiger partial charge in [0.25, 0.3) is 5.91 Å². The van der Waals surface area contributed by atoms with E-state index in [-0.39, 0.29) is 23.1 Å². The van der Waals surface area contributed by atoms with Crippen LogP contribution in [-0.2, 0) is 22.5 Å². The number of nitrogens with one attached hydrogen (secondary N) is 1. The molecule has 0 bridgehead atoms. The van der Waals surface area contributed by atoms with Crippen molar-refractivity contribution in [1.82, 2.24) is 14.8 Å². The third-order valence-corrected chi connectivity index (χ3v) is 3.74. The molecular weight excluding hydrogens is 328 g/mol. The van der Waals surface area contributed by atoms with Gasteiger partial charge in [-0.2, -0.15) is 5.10 Å². The van der Waals surface area contributed by atoms with Crippen molar-refractivity contribution >= 4 is 39.9 Å². The number of nitrogens with zero attached hydrogens (tertiary/aromatic N) is 3. The molecule has 0 aliphatic carbocycles. The second-order valence-electron chi connectivity index (χ2n) is 4.26. The minimum Gasteiger partial charge on any atom is -0.466 e. The largest absolute Gasteiger partial charge is 0.466 e. The van der Waals surface area contributed by atoms with Crippen LogP contribution in [0.1, 0.15) is 30.0 Å². The van der Waals surface area contributed by atoms with Gasteiger partial charge in [0.15, 0.2) is 10.8 Å². The number of rotatable bonds is 6. The van der Waals surface area contributed by atoms with Gasteiger partial charge in [0, 0.05) is 18.1 Å². The molecule has 0 aromatic carbocycles. The molecular formula is C13H15ClN4O3S. The highest BCUT2D eigenvalue weighted by atomic mass is 35.5. The lowest BCUT2D eigenvalue weighted by Gasteiger charge is -1.99. The number of amides is 1. The molecule has 2 heterocycles. The highest BCUT2D eigenvalue weighted by molar-refractivity contribution is 7.14. The van der Waals surface area contributed by atoms with Crippen molar-refractivity contribution in [2.24, 2.45) is 0 Å². The third-order valence-electron chi connectivity index (χ3n) is 2.66. The van der Waals surface area contributed by atoms with Gasteiger partial charge < -0.3 is 4.74 Å². The summed E-state index contributed by atoms with van der Waals surface area (Å²) in [6.07, 6.45) is 1.66. The lowest BCUT2D eigenvalue weighted by atomic mass is 10.3. The molecule has 0 saturated heterocycles. The Hall–Kier alpha value is -1.93. The summed E-state index contributed by atoms with van der Waals surface area (Å²) in [5, 5.41) is 9.05. The fraction of sp³-hybridized carbons (Fsp3) is 0.385. The number of aryl methyl sites for hydroxylation is 1. The number of esters is 1. The van der Waals surface area contributed by atoms with E-state index < -0.39 is 5.91 Å². The molecule has 0 aliphatic rings. The SMILES string of the molecule is CCOC(=O)Cc1csc(NC(=O)c2nn(CC)cc2Cl)n1. The van der Waals surface area contributed by atoms with Crippen LogP contribution in [0.4, 0.5) is 5.13 Å². The highest BCUT2D eigenvalue weighted by Gasteiger charge is 2.17. The Balaban J connectivity index is 2.01. The summed E-state index contributed by atoms with van der Waals surface area (Å²) in [6.45, 7) is 4.58. The zero-order valence-corrected chi connectivity index (χ0v) is 13.7. The molecule has 0 radical (unpaired) electrons. The van der Waals surface area contributed by atoms with Crippen molar-refractivity contribution in [3.05, 3.63) is 28.0 Å². The van der Waals surface area contributed by atoms with E-state index in [4.69, 9.17) is 16.3 Å². The zero-order valence-electron chi connectivity index (χ0n) is 12.1. The second kappa shape index (κ2) is 7.37. The molecule has 0 aliphatic heterocycles. The average molecular weight is 343 g/mol. The lowest BCUT2D eigenvalue weighted by molar-refractivity contribution is -0.142. The van der Waals surface area contributed by atoms with Crippen molar-refractivity contribution in [3.8, 4) is 0 Å². The molecule has 0 atom stereocenters. The van der Waals surface area contributed by atoms with Crippen LogP contribution in [0.25, 0.3) is 0 Å². The van der Waals surface area contributed by atoms with Gasteiger partial charge >= 0.3 is 5.97 Å². The number of anilines is 1. The van der Waals surface area contributed by atoms with Crippen LogP contribution in [0.2, 0.25) is 5.02 Å². The van der Waals surface area contributed by atoms with E-state index in [2.05, 4.69) is 15.4 Å². The first-order chi connectivity index (χ1) is 10.5. The summed E-state index contributed by atoms with van der Waals surface area (Å²) < 4.78 is 6.42. The smallest absolute Gasteiger partial charge is 0.311 e. The Kier molecular flexibility index (Phi) is 5.51. The molecule has 118 valence electrons. The minimum absolute atomic E-state index is 0.0748. The van der Waals surface area contributed by atoms with Crippen LogP contribution in [0.5, 0.6) is 0 Å². The standard InChI is InChI=1S/C13H15ClN4O3S/c1-3-18-6-9(14)11(17-18)12(20)16-13-15-8(7-22-13)5-10(19)21-4-2/h6-7H,3-5H2,1-2H3,(H,15,16,20). The van der Waals surface area contributed by atoms with Crippen LogP contribution in [0.3, 0.4) is 0 Å². The molecule has 9 heteroatoms. The topological polar surface area (TPSA) is 86.1 Å². The molecule has 0 saturated carbocycles. The van der Waals surface area contributed by atoms with Gasteiger partial charge in [0.2, 0.25) is 0 Å². The molecule has 1 amide bonds. The first-order valence-electron chi connectivity index (χ1n) is 6.67. The number of hydrogen-bond donors (Lipinski definition) is 1. The van der Waals surface area contributed by atoms with Gasteiger partial charge in [-0.1, -0.05) is 11.6 Å². The maximum absolute atomic E-state index is 12.1. The Morgan fingerprint density at radius 2 is 2.23 bits per heavy atom. The van der Waals surface area contributed by atoms with E-state index in [0.717, 1.165) is 0 Å². The molecule has 0 spiro atoms. The molecule has 22 heavy (non-hydrogen) atoms. The number of carbonyl (C=O) groups is 2. The minimum atomic E-state index is -0.436. The van der Waals surface area contributed by atoms with Crippen LogP contribution in [0, 0.1) is 0 Å². The zero-order chi connectivity index (χ0) is 16.1. The fourth-order valence-corrected chi connectivity index (χ4v) is 2.62. The summed E-state index contributed by atoms with van der Waals surface area (Å²) in [5.41, 5.74) is 0.689. The first-order valence-corrected chi connectivity index (χ1v) is 7.93. The quantitative estimate of drug-likeness (QED) is 0.814. The van der Waals surface area contributed by atoms with Crippen LogP contribution < -0.4 is 5.32 Å². The molecule has 7 nitrogen and oxygen atoms in total. The maximum Gasteiger partial charge on any atom is 0.311 e. The summed E-state index contributed by atoms with van der Waals surface area (Å²) in [7, 11) is 0. The predicted molar refractivity (Wildman–Crippen MR) is 83.3 cm³/mol. The number of hydrogen-bond acceptors (Lipinski definition) is 6. The van der Waals surface area contributed by atoms with Crippen LogP contribution in [-0.4, -0.2) is 33.2 Å². The molecule has 2 rings (SSSR count). The monoisotopic (exact) mass is 342 g/mol. The molecule has 0 fully saturated rings. The highest BCUT2D eigenvalue weighted by Crippen LogP contribution is 2.19. The number of thiazole rings is 1. The van der Waals surface area contributed by atoms with Gasteiger partial charge in [-0.25, -0.2) is 4.98 Å². The maximum atomic E-state index is 12.1. The van der Waals surface area contributed by atoms with Gasteiger partial charge in [0.1, 0.15) is 0 Å². The van der Waals surface area contributed by atoms with E-state index in [9.17, 15) is 9.59 Å². The Bertz CT molecular complexity index is 683. The van der Waals surface area contributed by atoms with Crippen molar-refractivity contribution < 1.29 is 14.3 Å². The van der Waals surface area contributed by atoms with Crippen LogP contribution in [0.15, 0.2) is 11.6 Å². The molecule has 2 aromatic heterocycles. The van der Waals surface area contributed by atoms with Crippen molar-refractivity contribution in [2.75, 3.05) is 11.9 Å². The number of aromatic nitrogens is 3. The van der Waals surface area contributed by atoms with Gasteiger partial charge in [-0.3, -0.25) is 19.6 Å². The van der Waals surface area contributed by atoms with Gasteiger partial charge in [0.05, 0.1) is 23.7 Å². The van der Waals surface area contributed by atoms with E-state index in [1.807, 2.05) is 6.92 Å². The molecule has 2 aromatic rings. The van der Waals surface area contributed by atoms with Crippen molar-refractivity contribution in [3.63, 3.8) is 0 Å². The number of halogens is 1. The number of carbonyl (C=O) groups excluding carboxylic acids is 2. The summed E-state index contributed by atoms with van der Waals surface area (Å²) in [4.78, 5) is 27.6. The summed E-state index contributed by atoms with van der Waals surface area (Å²) in [5.74, 6) is -0.787. The van der Waals surface area contributed by atoms with Crippen LogP contribution >= 0.6 is 22.9 Å². The van der Waals surface area contributed by atoms with E-state index in [1.165, 1.54) is 11.3 Å². The lowest BCUT2D eigenvalue weighted by Crippen LogP contribution is -2.14. The predicted octanol–water partition coefficient (Wildman–Crippen LogP) is 2.37. The van der Waals surface area contributed by atoms with Crippen molar-refractivity contribution in [1.29, 1.82) is 0 Å². The third kappa shape index (κ3) is 4.05. The first kappa shape index (κ1) is 16.4.